The molecule has 2 heterocycles. The van der Waals surface area contributed by atoms with Gasteiger partial charge in [-0.3, -0.25) is 4.79 Å². The first-order valence-corrected chi connectivity index (χ1v) is 10.7. The van der Waals surface area contributed by atoms with E-state index in [2.05, 4.69) is 5.32 Å². The number of sulfonamides is 1. The van der Waals surface area contributed by atoms with E-state index < -0.39 is 10.0 Å². The topological polar surface area (TPSA) is 84.9 Å². The third-order valence-corrected chi connectivity index (χ3v) is 6.90. The van der Waals surface area contributed by atoms with E-state index in [4.69, 9.17) is 9.47 Å². The van der Waals surface area contributed by atoms with E-state index >= 15 is 0 Å². The third kappa shape index (κ3) is 3.76. The van der Waals surface area contributed by atoms with Gasteiger partial charge in [0, 0.05) is 30.6 Å². The summed E-state index contributed by atoms with van der Waals surface area (Å²) < 4.78 is 37.6. The van der Waals surface area contributed by atoms with Crippen LogP contribution >= 0.6 is 0 Å². The molecule has 0 spiro atoms. The van der Waals surface area contributed by atoms with Gasteiger partial charge < -0.3 is 14.8 Å². The molecule has 2 aromatic rings. The number of benzene rings is 2. The summed E-state index contributed by atoms with van der Waals surface area (Å²) in [5, 5.41) is 3.02. The Bertz CT molecular complexity index is 953. The monoisotopic (exact) mass is 402 g/mol. The highest BCUT2D eigenvalue weighted by Gasteiger charge is 2.27. The lowest BCUT2D eigenvalue weighted by atomic mass is 10.00. The standard InChI is InChI=1S/C20H22N2O5S/c23-20(21-18-9-12-27-19-4-2-1-3-17(18)19)15-5-7-16(8-6-15)28(24,25)22-10-13-26-14-11-22/h1-8,18H,9-14H2,(H,21,23)/t18-/m0/s1. The van der Waals surface area contributed by atoms with Crippen molar-refractivity contribution in [2.75, 3.05) is 32.9 Å². The summed E-state index contributed by atoms with van der Waals surface area (Å²) in [6.45, 7) is 2.01. The molecule has 4 rings (SSSR count). The first-order chi connectivity index (χ1) is 13.6. The molecule has 2 aliphatic rings. The van der Waals surface area contributed by atoms with Gasteiger partial charge in [-0.2, -0.15) is 4.31 Å². The van der Waals surface area contributed by atoms with Crippen molar-refractivity contribution in [2.24, 2.45) is 0 Å². The largest absolute Gasteiger partial charge is 0.493 e. The van der Waals surface area contributed by atoms with E-state index in [1.807, 2.05) is 24.3 Å². The number of ether oxygens (including phenoxy) is 2. The number of hydrogen-bond acceptors (Lipinski definition) is 5. The fourth-order valence-electron chi connectivity index (χ4n) is 3.45. The summed E-state index contributed by atoms with van der Waals surface area (Å²) >= 11 is 0. The smallest absolute Gasteiger partial charge is 0.251 e. The zero-order valence-corrected chi connectivity index (χ0v) is 16.2. The fourth-order valence-corrected chi connectivity index (χ4v) is 4.86. The van der Waals surface area contributed by atoms with Gasteiger partial charge in [0.2, 0.25) is 10.0 Å². The van der Waals surface area contributed by atoms with Crippen LogP contribution in [0.3, 0.4) is 0 Å². The van der Waals surface area contributed by atoms with E-state index in [1.54, 1.807) is 12.1 Å². The van der Waals surface area contributed by atoms with Crippen molar-refractivity contribution in [1.82, 2.24) is 9.62 Å². The number of carbonyl (C=O) groups is 1. The maximum absolute atomic E-state index is 12.7. The number of nitrogens with one attached hydrogen (secondary N) is 1. The molecule has 0 unspecified atom stereocenters. The molecular weight excluding hydrogens is 380 g/mol. The molecule has 0 bridgehead atoms. The Labute approximate surface area is 164 Å². The number of rotatable bonds is 4. The van der Waals surface area contributed by atoms with Gasteiger partial charge in [0.1, 0.15) is 5.75 Å². The van der Waals surface area contributed by atoms with E-state index in [0.29, 0.717) is 44.9 Å². The molecule has 1 amide bonds. The second-order valence-corrected chi connectivity index (χ2v) is 8.68. The van der Waals surface area contributed by atoms with Crippen molar-refractivity contribution in [3.05, 3.63) is 59.7 Å². The highest BCUT2D eigenvalue weighted by molar-refractivity contribution is 7.89. The van der Waals surface area contributed by atoms with Gasteiger partial charge in [0.05, 0.1) is 30.8 Å². The molecule has 0 aliphatic carbocycles. The van der Waals surface area contributed by atoms with Crippen LogP contribution in [0.2, 0.25) is 0 Å². The molecule has 2 aliphatic heterocycles. The van der Waals surface area contributed by atoms with Crippen molar-refractivity contribution in [1.29, 1.82) is 0 Å². The molecule has 7 nitrogen and oxygen atoms in total. The lowest BCUT2D eigenvalue weighted by Crippen LogP contribution is -2.40. The van der Waals surface area contributed by atoms with Gasteiger partial charge in [-0.05, 0) is 30.3 Å². The molecule has 28 heavy (non-hydrogen) atoms. The van der Waals surface area contributed by atoms with Crippen LogP contribution in [-0.2, 0) is 14.8 Å². The maximum atomic E-state index is 12.7. The van der Waals surface area contributed by atoms with Crippen LogP contribution in [0.5, 0.6) is 5.75 Å². The van der Waals surface area contributed by atoms with Crippen molar-refractivity contribution in [2.45, 2.75) is 17.4 Å². The molecule has 2 aromatic carbocycles. The molecule has 1 N–H and O–H groups in total. The number of para-hydroxylation sites is 1. The van der Waals surface area contributed by atoms with E-state index in [9.17, 15) is 13.2 Å². The second-order valence-electron chi connectivity index (χ2n) is 6.74. The van der Waals surface area contributed by atoms with E-state index in [1.165, 1.54) is 16.4 Å². The number of morpholine rings is 1. The van der Waals surface area contributed by atoms with E-state index in [-0.39, 0.29) is 16.8 Å². The van der Waals surface area contributed by atoms with Gasteiger partial charge in [-0.15, -0.1) is 0 Å². The van der Waals surface area contributed by atoms with Crippen molar-refractivity contribution < 1.29 is 22.7 Å². The minimum absolute atomic E-state index is 0.130. The number of fused-ring (bicyclic) bond motifs is 1. The molecule has 8 heteroatoms. The molecule has 0 aromatic heterocycles. The zero-order valence-electron chi connectivity index (χ0n) is 15.3. The predicted octanol–water partition coefficient (Wildman–Crippen LogP) is 1.96. The normalized spacial score (nSPS) is 20.1. The zero-order chi connectivity index (χ0) is 19.6. The molecular formula is C20H22N2O5S. The van der Waals surface area contributed by atoms with E-state index in [0.717, 1.165) is 11.3 Å². The Morgan fingerprint density at radius 3 is 2.46 bits per heavy atom. The summed E-state index contributed by atoms with van der Waals surface area (Å²) in [7, 11) is -3.57. The maximum Gasteiger partial charge on any atom is 0.251 e. The molecule has 148 valence electrons. The third-order valence-electron chi connectivity index (χ3n) is 4.99. The first kappa shape index (κ1) is 18.9. The van der Waals surface area contributed by atoms with Crippen molar-refractivity contribution >= 4 is 15.9 Å². The van der Waals surface area contributed by atoms with Gasteiger partial charge >= 0.3 is 0 Å². The number of amides is 1. The van der Waals surface area contributed by atoms with Gasteiger partial charge in [-0.1, -0.05) is 18.2 Å². The molecule has 1 fully saturated rings. The minimum Gasteiger partial charge on any atom is -0.493 e. The Morgan fingerprint density at radius 2 is 1.71 bits per heavy atom. The highest BCUT2D eigenvalue weighted by Crippen LogP contribution is 2.31. The number of carbonyl (C=O) groups excluding carboxylic acids is 1. The molecule has 1 saturated heterocycles. The van der Waals surface area contributed by atoms with Crippen molar-refractivity contribution in [3.8, 4) is 5.75 Å². The van der Waals surface area contributed by atoms with Crippen LogP contribution in [0.25, 0.3) is 0 Å². The average Bonchev–Trinajstić information content (AvgIpc) is 2.75. The summed E-state index contributed by atoms with van der Waals surface area (Å²) in [6, 6.07) is 13.6. The van der Waals surface area contributed by atoms with Gasteiger partial charge in [-0.25, -0.2) is 8.42 Å². The number of nitrogens with zero attached hydrogens (tertiary/aromatic N) is 1. The quantitative estimate of drug-likeness (QED) is 0.845. The lowest BCUT2D eigenvalue weighted by Gasteiger charge is -2.27. The predicted molar refractivity (Wildman–Crippen MR) is 103 cm³/mol. The Morgan fingerprint density at radius 1 is 1.00 bits per heavy atom. The fraction of sp³-hybridized carbons (Fsp3) is 0.350. The summed E-state index contributed by atoms with van der Waals surface area (Å²) in [4.78, 5) is 12.8. The lowest BCUT2D eigenvalue weighted by molar-refractivity contribution is 0.0730. The average molecular weight is 402 g/mol. The SMILES string of the molecule is O=C(N[C@H]1CCOc2ccccc21)c1ccc(S(=O)(=O)N2CCOCC2)cc1. The Hall–Kier alpha value is -2.42. The van der Waals surface area contributed by atoms with Gasteiger partial charge in [0.15, 0.2) is 0 Å². The highest BCUT2D eigenvalue weighted by atomic mass is 32.2. The molecule has 0 radical (unpaired) electrons. The molecule has 0 saturated carbocycles. The van der Waals surface area contributed by atoms with Crippen LogP contribution < -0.4 is 10.1 Å². The summed E-state index contributed by atoms with van der Waals surface area (Å²) in [6.07, 6.45) is 0.687. The van der Waals surface area contributed by atoms with Crippen molar-refractivity contribution in [3.63, 3.8) is 0 Å². The van der Waals surface area contributed by atoms with Gasteiger partial charge in [0.25, 0.3) is 5.91 Å². The first-order valence-electron chi connectivity index (χ1n) is 9.26. The van der Waals surface area contributed by atoms with Crippen LogP contribution in [0, 0.1) is 0 Å². The Kier molecular flexibility index (Phi) is 5.34. The minimum atomic E-state index is -3.57. The van der Waals surface area contributed by atoms with Crippen LogP contribution in [0.1, 0.15) is 28.4 Å². The Balaban J connectivity index is 1.48. The molecule has 1 atom stereocenters. The summed E-state index contributed by atoms with van der Waals surface area (Å²) in [5.74, 6) is 0.544. The summed E-state index contributed by atoms with van der Waals surface area (Å²) in [5.41, 5.74) is 1.37. The van der Waals surface area contributed by atoms with Crippen LogP contribution in [0.4, 0.5) is 0 Å². The van der Waals surface area contributed by atoms with Crippen LogP contribution in [-0.4, -0.2) is 51.5 Å². The number of hydrogen-bond donors (Lipinski definition) is 1. The van der Waals surface area contributed by atoms with Crippen LogP contribution in [0.15, 0.2) is 53.4 Å². The second kappa shape index (κ2) is 7.90.